The van der Waals surface area contributed by atoms with Crippen LogP contribution in [0.15, 0.2) is 18.5 Å². The smallest absolute Gasteiger partial charge is 0.0750 e. The van der Waals surface area contributed by atoms with Gasteiger partial charge in [0.15, 0.2) is 0 Å². The highest BCUT2D eigenvalue weighted by Gasteiger charge is 2.07. The molecule has 1 atom stereocenters. The summed E-state index contributed by atoms with van der Waals surface area (Å²) in [5.41, 5.74) is 0. The van der Waals surface area contributed by atoms with E-state index in [0.717, 1.165) is 19.6 Å². The topological polar surface area (TPSA) is 27.1 Å². The first-order valence-corrected chi connectivity index (χ1v) is 4.45. The highest BCUT2D eigenvalue weighted by atomic mass is 16.5. The Morgan fingerprint density at radius 3 is 2.83 bits per heavy atom. The Bertz CT molecular complexity index is 196. The predicted octanol–water partition coefficient (Wildman–Crippen LogP) is 1.87. The molecule has 1 heterocycles. The molecule has 12 heavy (non-hydrogen) atoms. The largest absolute Gasteiger partial charge is 0.380 e. The lowest BCUT2D eigenvalue weighted by Crippen LogP contribution is -2.15. The van der Waals surface area contributed by atoms with E-state index in [1.54, 1.807) is 6.20 Å². The zero-order valence-corrected chi connectivity index (χ0v) is 7.73. The molecule has 1 rings (SSSR count). The van der Waals surface area contributed by atoms with Crippen molar-refractivity contribution in [2.24, 2.45) is 0 Å². The van der Waals surface area contributed by atoms with Crippen molar-refractivity contribution in [1.29, 1.82) is 0 Å². The highest BCUT2D eigenvalue weighted by molar-refractivity contribution is 4.81. The highest BCUT2D eigenvalue weighted by Crippen LogP contribution is 2.09. The molecule has 0 spiro atoms. The number of aromatic nitrogens is 2. The second kappa shape index (κ2) is 4.93. The molecule has 1 unspecified atom stereocenters. The van der Waals surface area contributed by atoms with E-state index in [2.05, 4.69) is 12.0 Å². The van der Waals surface area contributed by atoms with Crippen molar-refractivity contribution in [3.63, 3.8) is 0 Å². The maximum atomic E-state index is 5.35. The number of nitrogens with zero attached hydrogens (tertiary/aromatic N) is 2. The summed E-state index contributed by atoms with van der Waals surface area (Å²) >= 11 is 0. The van der Waals surface area contributed by atoms with Crippen LogP contribution in [0.4, 0.5) is 0 Å². The Labute approximate surface area is 73.3 Å². The Morgan fingerprint density at radius 1 is 1.50 bits per heavy atom. The normalized spacial score (nSPS) is 13.2. The summed E-state index contributed by atoms with van der Waals surface area (Å²) in [7, 11) is 0. The molecule has 0 fully saturated rings. The first-order valence-electron chi connectivity index (χ1n) is 4.45. The molecule has 0 saturated heterocycles. The second-order valence-electron chi connectivity index (χ2n) is 2.71. The summed E-state index contributed by atoms with van der Waals surface area (Å²) in [5, 5.41) is 4.18. The standard InChI is InChI=1S/C9H16N2O/c1-3-9(8-12-4-2)11-7-5-6-10-11/h5-7,9H,3-4,8H2,1-2H3. The lowest BCUT2D eigenvalue weighted by molar-refractivity contribution is 0.107. The van der Waals surface area contributed by atoms with E-state index >= 15 is 0 Å². The van der Waals surface area contributed by atoms with E-state index in [1.165, 1.54) is 0 Å². The van der Waals surface area contributed by atoms with E-state index in [-0.39, 0.29) is 0 Å². The Morgan fingerprint density at radius 2 is 2.33 bits per heavy atom. The van der Waals surface area contributed by atoms with Gasteiger partial charge in [-0.2, -0.15) is 5.10 Å². The molecule has 0 N–H and O–H groups in total. The van der Waals surface area contributed by atoms with Crippen molar-refractivity contribution in [3.8, 4) is 0 Å². The summed E-state index contributed by atoms with van der Waals surface area (Å²) in [5.74, 6) is 0. The minimum absolute atomic E-state index is 0.389. The molecule has 0 saturated carbocycles. The molecule has 3 nitrogen and oxygen atoms in total. The van der Waals surface area contributed by atoms with Gasteiger partial charge in [0.2, 0.25) is 0 Å². The van der Waals surface area contributed by atoms with Crippen molar-refractivity contribution >= 4 is 0 Å². The average molecular weight is 168 g/mol. The summed E-state index contributed by atoms with van der Waals surface area (Å²) in [6.45, 7) is 5.69. The lowest BCUT2D eigenvalue weighted by atomic mass is 10.2. The van der Waals surface area contributed by atoms with Crippen molar-refractivity contribution in [2.75, 3.05) is 13.2 Å². The van der Waals surface area contributed by atoms with Crippen LogP contribution in [0.1, 0.15) is 26.3 Å². The molecule has 0 bridgehead atoms. The predicted molar refractivity (Wildman–Crippen MR) is 48.0 cm³/mol. The van der Waals surface area contributed by atoms with Crippen LogP contribution in [-0.2, 0) is 4.74 Å². The lowest BCUT2D eigenvalue weighted by Gasteiger charge is -2.14. The zero-order valence-electron chi connectivity index (χ0n) is 7.73. The molecular formula is C9H16N2O. The Kier molecular flexibility index (Phi) is 3.80. The summed E-state index contributed by atoms with van der Waals surface area (Å²) in [4.78, 5) is 0. The van der Waals surface area contributed by atoms with Gasteiger partial charge < -0.3 is 4.74 Å². The molecule has 0 radical (unpaired) electrons. The first kappa shape index (κ1) is 9.26. The fourth-order valence-corrected chi connectivity index (χ4v) is 1.13. The second-order valence-corrected chi connectivity index (χ2v) is 2.71. The van der Waals surface area contributed by atoms with E-state index in [0.29, 0.717) is 6.04 Å². The van der Waals surface area contributed by atoms with Gasteiger partial charge in [-0.25, -0.2) is 0 Å². The number of hydrogen-bond donors (Lipinski definition) is 0. The minimum Gasteiger partial charge on any atom is -0.380 e. The van der Waals surface area contributed by atoms with Gasteiger partial charge in [-0.1, -0.05) is 6.92 Å². The SMILES string of the molecule is CCOCC(CC)n1cccn1. The maximum Gasteiger partial charge on any atom is 0.0750 e. The van der Waals surface area contributed by atoms with Gasteiger partial charge in [0.25, 0.3) is 0 Å². The van der Waals surface area contributed by atoms with Crippen LogP contribution < -0.4 is 0 Å². The van der Waals surface area contributed by atoms with Crippen LogP contribution >= 0.6 is 0 Å². The Hall–Kier alpha value is -0.830. The molecule has 0 aliphatic carbocycles. The minimum atomic E-state index is 0.389. The first-order chi connectivity index (χ1) is 5.88. The van der Waals surface area contributed by atoms with Crippen LogP contribution in [0.25, 0.3) is 0 Å². The van der Waals surface area contributed by atoms with E-state index in [1.807, 2.05) is 23.9 Å². The van der Waals surface area contributed by atoms with Gasteiger partial charge in [0.05, 0.1) is 12.6 Å². The third-order valence-electron chi connectivity index (χ3n) is 1.88. The van der Waals surface area contributed by atoms with Gasteiger partial charge in [-0.3, -0.25) is 4.68 Å². The number of hydrogen-bond acceptors (Lipinski definition) is 2. The van der Waals surface area contributed by atoms with Gasteiger partial charge in [-0.05, 0) is 19.4 Å². The van der Waals surface area contributed by atoms with E-state index < -0.39 is 0 Å². The molecule has 0 amide bonds. The van der Waals surface area contributed by atoms with Crippen LogP contribution in [-0.4, -0.2) is 23.0 Å². The zero-order chi connectivity index (χ0) is 8.81. The maximum absolute atomic E-state index is 5.35. The van der Waals surface area contributed by atoms with Crippen LogP contribution in [0, 0.1) is 0 Å². The quantitative estimate of drug-likeness (QED) is 0.671. The van der Waals surface area contributed by atoms with E-state index in [4.69, 9.17) is 4.74 Å². The molecule has 0 aliphatic rings. The molecule has 0 aromatic carbocycles. The number of ether oxygens (including phenoxy) is 1. The third-order valence-corrected chi connectivity index (χ3v) is 1.88. The average Bonchev–Trinajstić information content (AvgIpc) is 2.59. The van der Waals surface area contributed by atoms with Gasteiger partial charge in [0.1, 0.15) is 0 Å². The molecule has 1 aromatic heterocycles. The monoisotopic (exact) mass is 168 g/mol. The van der Waals surface area contributed by atoms with E-state index in [9.17, 15) is 0 Å². The molecule has 3 heteroatoms. The summed E-state index contributed by atoms with van der Waals surface area (Å²) in [6.07, 6.45) is 4.84. The van der Waals surface area contributed by atoms with Gasteiger partial charge >= 0.3 is 0 Å². The Balaban J connectivity index is 2.45. The van der Waals surface area contributed by atoms with Crippen LogP contribution in [0.3, 0.4) is 0 Å². The van der Waals surface area contributed by atoms with Crippen molar-refractivity contribution in [1.82, 2.24) is 9.78 Å². The molecule has 1 aromatic rings. The van der Waals surface area contributed by atoms with Crippen LogP contribution in [0.5, 0.6) is 0 Å². The van der Waals surface area contributed by atoms with Crippen molar-refractivity contribution in [2.45, 2.75) is 26.3 Å². The molecule has 68 valence electrons. The third kappa shape index (κ3) is 2.34. The fourth-order valence-electron chi connectivity index (χ4n) is 1.13. The number of rotatable bonds is 5. The van der Waals surface area contributed by atoms with Gasteiger partial charge in [-0.15, -0.1) is 0 Å². The molecule has 0 aliphatic heterocycles. The van der Waals surface area contributed by atoms with Crippen LogP contribution in [0.2, 0.25) is 0 Å². The fraction of sp³-hybridized carbons (Fsp3) is 0.667. The summed E-state index contributed by atoms with van der Waals surface area (Å²) in [6, 6.07) is 2.33. The summed E-state index contributed by atoms with van der Waals surface area (Å²) < 4.78 is 7.30. The van der Waals surface area contributed by atoms with Crippen molar-refractivity contribution < 1.29 is 4.74 Å². The molecular weight excluding hydrogens is 152 g/mol. The van der Waals surface area contributed by atoms with Crippen molar-refractivity contribution in [3.05, 3.63) is 18.5 Å². The van der Waals surface area contributed by atoms with Gasteiger partial charge in [0, 0.05) is 19.0 Å².